The largest absolute Gasteiger partial charge is 0.490 e. The zero-order valence-electron chi connectivity index (χ0n) is 16.2. The van der Waals surface area contributed by atoms with E-state index in [9.17, 15) is 9.59 Å². The van der Waals surface area contributed by atoms with Gasteiger partial charge in [-0.1, -0.05) is 0 Å². The highest BCUT2D eigenvalue weighted by Gasteiger charge is 2.40. The molecule has 1 N–H and O–H groups in total. The Balaban J connectivity index is 1.68. The van der Waals surface area contributed by atoms with Gasteiger partial charge in [-0.15, -0.1) is 0 Å². The van der Waals surface area contributed by atoms with Crippen LogP contribution in [0, 0.1) is 5.92 Å². The van der Waals surface area contributed by atoms with E-state index in [2.05, 4.69) is 21.2 Å². The average Bonchev–Trinajstić information content (AvgIpc) is 3.42. The molecule has 1 atom stereocenters. The van der Waals surface area contributed by atoms with Crippen LogP contribution in [0.4, 0.5) is 0 Å². The first-order valence-electron chi connectivity index (χ1n) is 9.92. The van der Waals surface area contributed by atoms with Crippen LogP contribution >= 0.6 is 15.9 Å². The quantitative estimate of drug-likeness (QED) is 0.696. The number of fused-ring (bicyclic) bond motifs is 1. The normalized spacial score (nSPS) is 19.8. The zero-order valence-corrected chi connectivity index (χ0v) is 17.8. The smallest absolute Gasteiger partial charge is 0.261 e. The second-order valence-electron chi connectivity index (χ2n) is 7.89. The number of nitrogens with zero attached hydrogens (tertiary/aromatic N) is 1. The molecule has 2 amide bonds. The SMILES string of the molecule is CC(C)Oc1cc(C(=O)N(C(=O)C2CCCNC2)C2CC2)cc2oc(Br)cc12. The molecule has 1 aliphatic heterocycles. The number of hydrogen-bond donors (Lipinski definition) is 1. The summed E-state index contributed by atoms with van der Waals surface area (Å²) < 4.78 is 12.2. The van der Waals surface area contributed by atoms with Gasteiger partial charge in [-0.05, 0) is 74.1 Å². The highest BCUT2D eigenvalue weighted by molar-refractivity contribution is 9.10. The molecule has 1 aromatic carbocycles. The number of furan rings is 1. The standard InChI is InChI=1S/C21H25BrN2O4/c1-12(2)27-17-8-14(9-18-16(17)10-19(22)28-18)21(26)24(15-5-6-15)20(25)13-4-3-7-23-11-13/h8-10,12-13,15,23H,3-7,11H2,1-2H3. The fourth-order valence-electron chi connectivity index (χ4n) is 3.73. The molecule has 150 valence electrons. The van der Waals surface area contributed by atoms with Gasteiger partial charge in [-0.2, -0.15) is 0 Å². The molecule has 28 heavy (non-hydrogen) atoms. The van der Waals surface area contributed by atoms with Gasteiger partial charge in [0, 0.05) is 24.2 Å². The summed E-state index contributed by atoms with van der Waals surface area (Å²) in [5.41, 5.74) is 0.991. The van der Waals surface area contributed by atoms with Crippen molar-refractivity contribution in [3.8, 4) is 5.75 Å². The van der Waals surface area contributed by atoms with Crippen molar-refractivity contribution in [3.05, 3.63) is 28.4 Å². The zero-order chi connectivity index (χ0) is 19.8. The first-order chi connectivity index (χ1) is 13.4. The monoisotopic (exact) mass is 448 g/mol. The number of benzene rings is 1. The van der Waals surface area contributed by atoms with Crippen LogP contribution in [-0.2, 0) is 4.79 Å². The summed E-state index contributed by atoms with van der Waals surface area (Å²) in [6.45, 7) is 5.44. The second-order valence-corrected chi connectivity index (χ2v) is 8.67. The van der Waals surface area contributed by atoms with Crippen LogP contribution in [0.15, 0.2) is 27.3 Å². The topological polar surface area (TPSA) is 71.8 Å². The first kappa shape index (κ1) is 19.5. The van der Waals surface area contributed by atoms with Gasteiger partial charge >= 0.3 is 0 Å². The first-order valence-corrected chi connectivity index (χ1v) is 10.7. The molecule has 1 unspecified atom stereocenters. The van der Waals surface area contributed by atoms with E-state index in [1.807, 2.05) is 19.9 Å². The number of ether oxygens (including phenoxy) is 1. The van der Waals surface area contributed by atoms with Crippen molar-refractivity contribution < 1.29 is 18.7 Å². The molecule has 2 aliphatic rings. The van der Waals surface area contributed by atoms with Gasteiger partial charge < -0.3 is 14.5 Å². The van der Waals surface area contributed by atoms with Gasteiger partial charge in [0.1, 0.15) is 11.3 Å². The van der Waals surface area contributed by atoms with Crippen LogP contribution < -0.4 is 10.1 Å². The van der Waals surface area contributed by atoms with Gasteiger partial charge in [0.15, 0.2) is 4.67 Å². The Bertz CT molecular complexity index is 897. The van der Waals surface area contributed by atoms with E-state index < -0.39 is 0 Å². The van der Waals surface area contributed by atoms with E-state index in [-0.39, 0.29) is 29.9 Å². The molecule has 1 aliphatic carbocycles. The Hall–Kier alpha value is -1.86. The lowest BCUT2D eigenvalue weighted by Crippen LogP contribution is -2.46. The number of hydrogen-bond acceptors (Lipinski definition) is 5. The van der Waals surface area contributed by atoms with E-state index in [1.165, 1.54) is 4.90 Å². The van der Waals surface area contributed by atoms with Gasteiger partial charge in [0.05, 0.1) is 17.4 Å². The number of rotatable bonds is 5. The third-order valence-electron chi connectivity index (χ3n) is 5.19. The van der Waals surface area contributed by atoms with E-state index in [4.69, 9.17) is 9.15 Å². The predicted molar refractivity (Wildman–Crippen MR) is 109 cm³/mol. The molecule has 7 heteroatoms. The van der Waals surface area contributed by atoms with E-state index >= 15 is 0 Å². The van der Waals surface area contributed by atoms with Crippen molar-refractivity contribution in [1.29, 1.82) is 0 Å². The lowest BCUT2D eigenvalue weighted by Gasteiger charge is -2.28. The van der Waals surface area contributed by atoms with E-state index in [0.29, 0.717) is 28.1 Å². The molecule has 6 nitrogen and oxygen atoms in total. The van der Waals surface area contributed by atoms with Crippen LogP contribution in [0.25, 0.3) is 11.0 Å². The maximum Gasteiger partial charge on any atom is 0.261 e. The molecular weight excluding hydrogens is 424 g/mol. The molecule has 1 aromatic heterocycles. The third-order valence-corrected chi connectivity index (χ3v) is 5.58. The average molecular weight is 449 g/mol. The molecule has 2 heterocycles. The van der Waals surface area contributed by atoms with Gasteiger partial charge in [-0.25, -0.2) is 0 Å². The minimum absolute atomic E-state index is 0.00966. The van der Waals surface area contributed by atoms with Crippen LogP contribution in [0.1, 0.15) is 49.9 Å². The van der Waals surface area contributed by atoms with Crippen molar-refractivity contribution in [1.82, 2.24) is 10.2 Å². The Labute approximate surface area is 172 Å². The number of carbonyl (C=O) groups is 2. The fraction of sp³-hybridized carbons (Fsp3) is 0.524. The molecule has 0 bridgehead atoms. The molecule has 0 spiro atoms. The van der Waals surface area contributed by atoms with Crippen molar-refractivity contribution >= 4 is 38.7 Å². The Morgan fingerprint density at radius 3 is 2.68 bits per heavy atom. The number of amides is 2. The van der Waals surface area contributed by atoms with Gasteiger partial charge in [0.25, 0.3) is 5.91 Å². The van der Waals surface area contributed by atoms with Crippen LogP contribution in [0.2, 0.25) is 0 Å². The number of halogens is 1. The Kier molecular flexibility index (Phi) is 5.47. The fourth-order valence-corrected chi connectivity index (χ4v) is 4.13. The minimum Gasteiger partial charge on any atom is -0.490 e. The molecule has 2 fully saturated rings. The lowest BCUT2D eigenvalue weighted by molar-refractivity contribution is -0.133. The molecule has 0 radical (unpaired) electrons. The number of nitrogens with one attached hydrogen (secondary N) is 1. The summed E-state index contributed by atoms with van der Waals surface area (Å²) in [4.78, 5) is 28.0. The molecule has 1 saturated heterocycles. The van der Waals surface area contributed by atoms with Gasteiger partial charge in [0.2, 0.25) is 5.91 Å². The number of carbonyl (C=O) groups excluding carboxylic acids is 2. The van der Waals surface area contributed by atoms with Crippen LogP contribution in [-0.4, -0.2) is 41.9 Å². The van der Waals surface area contributed by atoms with Gasteiger partial charge in [-0.3, -0.25) is 14.5 Å². The number of imide groups is 1. The maximum atomic E-state index is 13.4. The van der Waals surface area contributed by atoms with Crippen molar-refractivity contribution in [3.63, 3.8) is 0 Å². The van der Waals surface area contributed by atoms with Crippen LogP contribution in [0.3, 0.4) is 0 Å². The molecule has 2 aromatic rings. The van der Waals surface area contributed by atoms with Crippen molar-refractivity contribution in [2.45, 2.75) is 51.7 Å². The Morgan fingerprint density at radius 1 is 1.25 bits per heavy atom. The third kappa shape index (κ3) is 3.96. The molecule has 1 saturated carbocycles. The lowest BCUT2D eigenvalue weighted by atomic mass is 9.97. The summed E-state index contributed by atoms with van der Waals surface area (Å²) in [5.74, 6) is 0.131. The summed E-state index contributed by atoms with van der Waals surface area (Å²) >= 11 is 3.35. The summed E-state index contributed by atoms with van der Waals surface area (Å²) in [7, 11) is 0. The van der Waals surface area contributed by atoms with Crippen molar-refractivity contribution in [2.75, 3.05) is 13.1 Å². The summed E-state index contributed by atoms with van der Waals surface area (Å²) in [6.07, 6.45) is 3.50. The minimum atomic E-state index is -0.263. The maximum absolute atomic E-state index is 13.4. The summed E-state index contributed by atoms with van der Waals surface area (Å²) in [6, 6.07) is 5.28. The highest BCUT2D eigenvalue weighted by atomic mass is 79.9. The van der Waals surface area contributed by atoms with E-state index in [0.717, 1.165) is 37.6 Å². The molecular formula is C21H25BrN2O4. The van der Waals surface area contributed by atoms with Crippen LogP contribution in [0.5, 0.6) is 5.75 Å². The highest BCUT2D eigenvalue weighted by Crippen LogP contribution is 2.36. The van der Waals surface area contributed by atoms with E-state index in [1.54, 1.807) is 12.1 Å². The van der Waals surface area contributed by atoms with Crippen molar-refractivity contribution in [2.24, 2.45) is 5.92 Å². The number of piperidine rings is 1. The summed E-state index contributed by atoms with van der Waals surface area (Å²) in [5, 5.41) is 4.07. The second kappa shape index (κ2) is 7.87. The Morgan fingerprint density at radius 2 is 2.04 bits per heavy atom. The molecule has 4 rings (SSSR count). The predicted octanol–water partition coefficient (Wildman–Crippen LogP) is 4.11.